The van der Waals surface area contributed by atoms with Crippen LogP contribution in [0.15, 0.2) is 22.7 Å². The highest BCUT2D eigenvalue weighted by Crippen LogP contribution is 2.31. The van der Waals surface area contributed by atoms with Gasteiger partial charge in [0.15, 0.2) is 0 Å². The third-order valence-corrected chi connectivity index (χ3v) is 4.83. The van der Waals surface area contributed by atoms with Crippen LogP contribution in [0.2, 0.25) is 0 Å². The Labute approximate surface area is 123 Å². The Morgan fingerprint density at radius 2 is 2.32 bits per heavy atom. The predicted molar refractivity (Wildman–Crippen MR) is 80.5 cm³/mol. The maximum atomic E-state index is 13.5. The zero-order chi connectivity index (χ0) is 13.8. The van der Waals surface area contributed by atoms with Crippen molar-refractivity contribution in [2.24, 2.45) is 11.7 Å². The fourth-order valence-electron chi connectivity index (χ4n) is 2.96. The topological polar surface area (TPSA) is 29.3 Å². The second kappa shape index (κ2) is 6.82. The molecule has 0 bridgehead atoms. The quantitative estimate of drug-likeness (QED) is 0.912. The normalized spacial score (nSPS) is 22.4. The van der Waals surface area contributed by atoms with Crippen molar-refractivity contribution < 1.29 is 4.39 Å². The van der Waals surface area contributed by atoms with Gasteiger partial charge in [0, 0.05) is 23.6 Å². The summed E-state index contributed by atoms with van der Waals surface area (Å²) in [5, 5.41) is 0. The minimum Gasteiger partial charge on any atom is -0.329 e. The molecular weight excluding hydrogens is 307 g/mol. The molecule has 2 nitrogen and oxygen atoms in total. The first-order valence-electron chi connectivity index (χ1n) is 7.04. The molecular formula is C15H22BrFN2. The summed E-state index contributed by atoms with van der Waals surface area (Å²) in [7, 11) is 0. The van der Waals surface area contributed by atoms with Crippen LogP contribution >= 0.6 is 15.9 Å². The first-order chi connectivity index (χ1) is 9.15. The monoisotopic (exact) mass is 328 g/mol. The van der Waals surface area contributed by atoms with Crippen LogP contribution in [-0.2, 0) is 0 Å². The van der Waals surface area contributed by atoms with Gasteiger partial charge in [-0.3, -0.25) is 4.90 Å². The van der Waals surface area contributed by atoms with E-state index < -0.39 is 0 Å². The standard InChI is InChI=1S/C15H22BrFN2/c1-2-11-4-3-7-19(10-11)15(9-18)13-8-12(17)5-6-14(13)16/h5-6,8,11,15H,2-4,7,9-10,18H2,1H3. The Morgan fingerprint density at radius 1 is 1.53 bits per heavy atom. The van der Waals surface area contributed by atoms with Crippen LogP contribution in [0.4, 0.5) is 4.39 Å². The van der Waals surface area contributed by atoms with Gasteiger partial charge in [-0.1, -0.05) is 29.3 Å². The van der Waals surface area contributed by atoms with E-state index in [-0.39, 0.29) is 11.9 Å². The lowest BCUT2D eigenvalue weighted by Crippen LogP contribution is -2.41. The van der Waals surface area contributed by atoms with Gasteiger partial charge in [-0.05, 0) is 49.1 Å². The third-order valence-electron chi connectivity index (χ3n) is 4.11. The average molecular weight is 329 g/mol. The number of nitrogens with zero attached hydrogens (tertiary/aromatic N) is 1. The zero-order valence-electron chi connectivity index (χ0n) is 11.4. The van der Waals surface area contributed by atoms with Crippen molar-refractivity contribution in [3.63, 3.8) is 0 Å². The third kappa shape index (κ3) is 3.56. The van der Waals surface area contributed by atoms with Crippen molar-refractivity contribution in [3.8, 4) is 0 Å². The van der Waals surface area contributed by atoms with Crippen LogP contribution in [0.5, 0.6) is 0 Å². The largest absolute Gasteiger partial charge is 0.329 e. The number of benzene rings is 1. The summed E-state index contributed by atoms with van der Waals surface area (Å²) in [6.07, 6.45) is 3.72. The van der Waals surface area contributed by atoms with E-state index in [0.717, 1.165) is 29.0 Å². The molecule has 2 unspecified atom stereocenters. The Bertz CT molecular complexity index is 425. The van der Waals surface area contributed by atoms with Crippen LogP contribution in [0.1, 0.15) is 37.8 Å². The van der Waals surface area contributed by atoms with Crippen molar-refractivity contribution in [1.29, 1.82) is 0 Å². The minimum absolute atomic E-state index is 0.111. The van der Waals surface area contributed by atoms with Crippen LogP contribution in [-0.4, -0.2) is 24.5 Å². The van der Waals surface area contributed by atoms with E-state index >= 15 is 0 Å². The molecule has 1 aliphatic rings. The Balaban J connectivity index is 2.21. The van der Waals surface area contributed by atoms with Gasteiger partial charge in [0.05, 0.1) is 0 Å². The van der Waals surface area contributed by atoms with Crippen molar-refractivity contribution in [2.75, 3.05) is 19.6 Å². The summed E-state index contributed by atoms with van der Waals surface area (Å²) >= 11 is 3.52. The lowest BCUT2D eigenvalue weighted by Gasteiger charge is -2.38. The smallest absolute Gasteiger partial charge is 0.123 e. The molecule has 2 rings (SSSR count). The van der Waals surface area contributed by atoms with Gasteiger partial charge in [0.25, 0.3) is 0 Å². The second-order valence-electron chi connectivity index (χ2n) is 5.33. The molecule has 2 N–H and O–H groups in total. The van der Waals surface area contributed by atoms with Gasteiger partial charge in [0.1, 0.15) is 5.82 Å². The minimum atomic E-state index is -0.194. The Kier molecular flexibility index (Phi) is 5.37. The molecule has 1 saturated heterocycles. The van der Waals surface area contributed by atoms with E-state index in [4.69, 9.17) is 5.73 Å². The number of piperidine rings is 1. The molecule has 4 heteroatoms. The van der Waals surface area contributed by atoms with Gasteiger partial charge in [-0.15, -0.1) is 0 Å². The lowest BCUT2D eigenvalue weighted by molar-refractivity contribution is 0.123. The van der Waals surface area contributed by atoms with Crippen LogP contribution in [0.25, 0.3) is 0 Å². The van der Waals surface area contributed by atoms with Gasteiger partial charge < -0.3 is 5.73 Å². The Morgan fingerprint density at radius 3 is 3.00 bits per heavy atom. The first kappa shape index (κ1) is 14.9. The van der Waals surface area contributed by atoms with Crippen LogP contribution in [0, 0.1) is 11.7 Å². The van der Waals surface area contributed by atoms with Crippen molar-refractivity contribution in [1.82, 2.24) is 4.90 Å². The number of hydrogen-bond donors (Lipinski definition) is 1. The number of hydrogen-bond acceptors (Lipinski definition) is 2. The fraction of sp³-hybridized carbons (Fsp3) is 0.600. The van der Waals surface area contributed by atoms with Gasteiger partial charge in [-0.25, -0.2) is 4.39 Å². The number of rotatable bonds is 4. The van der Waals surface area contributed by atoms with Crippen LogP contribution in [0.3, 0.4) is 0 Å². The number of nitrogens with two attached hydrogens (primary N) is 1. The van der Waals surface area contributed by atoms with E-state index in [9.17, 15) is 4.39 Å². The highest BCUT2D eigenvalue weighted by molar-refractivity contribution is 9.10. The van der Waals surface area contributed by atoms with Crippen molar-refractivity contribution in [3.05, 3.63) is 34.1 Å². The molecule has 19 heavy (non-hydrogen) atoms. The molecule has 0 saturated carbocycles. The Hall–Kier alpha value is -0.450. The van der Waals surface area contributed by atoms with Crippen molar-refractivity contribution in [2.45, 2.75) is 32.2 Å². The predicted octanol–water partition coefficient (Wildman–Crippen LogP) is 3.71. The lowest BCUT2D eigenvalue weighted by atomic mass is 9.93. The maximum Gasteiger partial charge on any atom is 0.123 e. The van der Waals surface area contributed by atoms with E-state index in [2.05, 4.69) is 27.8 Å². The summed E-state index contributed by atoms with van der Waals surface area (Å²) in [6.45, 7) is 4.89. The first-order valence-corrected chi connectivity index (χ1v) is 7.84. The van der Waals surface area contributed by atoms with E-state index in [0.29, 0.717) is 6.54 Å². The highest BCUT2D eigenvalue weighted by Gasteiger charge is 2.26. The fourth-order valence-corrected chi connectivity index (χ4v) is 3.47. The molecule has 1 aromatic rings. The summed E-state index contributed by atoms with van der Waals surface area (Å²) in [6, 6.07) is 4.97. The van der Waals surface area contributed by atoms with Gasteiger partial charge >= 0.3 is 0 Å². The summed E-state index contributed by atoms with van der Waals surface area (Å²) in [4.78, 5) is 2.41. The molecule has 1 aromatic carbocycles. The zero-order valence-corrected chi connectivity index (χ0v) is 13.0. The van der Waals surface area contributed by atoms with E-state index in [1.807, 2.05) is 0 Å². The summed E-state index contributed by atoms with van der Waals surface area (Å²) < 4.78 is 14.4. The molecule has 0 aromatic heterocycles. The summed E-state index contributed by atoms with van der Waals surface area (Å²) in [5.74, 6) is 0.552. The number of likely N-dealkylation sites (tertiary alicyclic amines) is 1. The molecule has 2 atom stereocenters. The molecule has 0 spiro atoms. The summed E-state index contributed by atoms with van der Waals surface area (Å²) in [5.41, 5.74) is 6.93. The second-order valence-corrected chi connectivity index (χ2v) is 6.18. The van der Waals surface area contributed by atoms with Gasteiger partial charge in [-0.2, -0.15) is 0 Å². The van der Waals surface area contributed by atoms with Gasteiger partial charge in [0.2, 0.25) is 0 Å². The average Bonchev–Trinajstić information content (AvgIpc) is 2.44. The molecule has 0 amide bonds. The SMILES string of the molecule is CCC1CCCN(C(CN)c2cc(F)ccc2Br)C1. The van der Waals surface area contributed by atoms with E-state index in [1.165, 1.54) is 25.3 Å². The molecule has 0 aliphatic carbocycles. The highest BCUT2D eigenvalue weighted by atomic mass is 79.9. The number of halogens is 2. The molecule has 1 fully saturated rings. The molecule has 1 aliphatic heterocycles. The molecule has 0 radical (unpaired) electrons. The molecule has 1 heterocycles. The maximum absolute atomic E-state index is 13.5. The van der Waals surface area contributed by atoms with Crippen LogP contribution < -0.4 is 5.73 Å². The molecule has 106 valence electrons. The van der Waals surface area contributed by atoms with E-state index in [1.54, 1.807) is 12.1 Å². The van der Waals surface area contributed by atoms with Crippen molar-refractivity contribution >= 4 is 15.9 Å².